The van der Waals surface area contributed by atoms with Crippen molar-refractivity contribution in [3.8, 4) is 0 Å². The Bertz CT molecular complexity index is 265. The number of carbonyl (C=O) groups excluding carboxylic acids is 1. The molecule has 2 aliphatic carbocycles. The van der Waals surface area contributed by atoms with Gasteiger partial charge in [-0.15, -0.1) is 0 Å². The Hall–Kier alpha value is -0.570. The van der Waals surface area contributed by atoms with Crippen molar-refractivity contribution in [1.82, 2.24) is 5.32 Å². The van der Waals surface area contributed by atoms with Crippen LogP contribution in [0.25, 0.3) is 0 Å². The summed E-state index contributed by atoms with van der Waals surface area (Å²) in [5.41, 5.74) is 6.00. The predicted octanol–water partition coefficient (Wildman–Crippen LogP) is 2.34. The fourth-order valence-corrected chi connectivity index (χ4v) is 3.04. The Labute approximate surface area is 105 Å². The minimum Gasteiger partial charge on any atom is -0.351 e. The van der Waals surface area contributed by atoms with Crippen LogP contribution >= 0.6 is 0 Å². The molecule has 0 heterocycles. The van der Waals surface area contributed by atoms with Crippen LogP contribution in [0.1, 0.15) is 64.7 Å². The van der Waals surface area contributed by atoms with Gasteiger partial charge in [-0.1, -0.05) is 0 Å². The van der Waals surface area contributed by atoms with E-state index >= 15 is 0 Å². The third kappa shape index (κ3) is 3.70. The first-order valence-corrected chi connectivity index (χ1v) is 7.14. The summed E-state index contributed by atoms with van der Waals surface area (Å²) in [6, 6.07) is 0.411. The van der Waals surface area contributed by atoms with E-state index in [0.717, 1.165) is 38.0 Å². The molecule has 1 amide bonds. The minimum absolute atomic E-state index is 0.117. The van der Waals surface area contributed by atoms with E-state index in [4.69, 9.17) is 5.73 Å². The Kier molecular flexibility index (Phi) is 4.08. The number of hydrogen-bond donors (Lipinski definition) is 2. The van der Waals surface area contributed by atoms with Gasteiger partial charge in [-0.05, 0) is 64.2 Å². The molecule has 3 heteroatoms. The van der Waals surface area contributed by atoms with E-state index in [1.54, 1.807) is 0 Å². The molecule has 0 aromatic carbocycles. The predicted molar refractivity (Wildman–Crippen MR) is 69.6 cm³/mol. The average Bonchev–Trinajstić information content (AvgIpc) is 2.26. The lowest BCUT2D eigenvalue weighted by Gasteiger charge is -2.39. The number of nitrogens with one attached hydrogen (secondary N) is 1. The third-order valence-corrected chi connectivity index (χ3v) is 4.57. The maximum Gasteiger partial charge on any atom is 0.220 e. The monoisotopic (exact) mass is 238 g/mol. The standard InChI is InChI=1S/C14H26N2O/c1-14(9-2-10-14)16-13(17)8-5-11-3-6-12(15)7-4-11/h11-12H,2-10,15H2,1H3,(H,16,17). The topological polar surface area (TPSA) is 55.1 Å². The van der Waals surface area contributed by atoms with Gasteiger partial charge < -0.3 is 11.1 Å². The molecule has 0 radical (unpaired) electrons. The fraction of sp³-hybridized carbons (Fsp3) is 0.929. The van der Waals surface area contributed by atoms with Gasteiger partial charge in [0.25, 0.3) is 0 Å². The number of hydrogen-bond acceptors (Lipinski definition) is 2. The second-order valence-corrected chi connectivity index (χ2v) is 6.28. The fourth-order valence-electron chi connectivity index (χ4n) is 3.04. The van der Waals surface area contributed by atoms with Crippen molar-refractivity contribution >= 4 is 5.91 Å². The van der Waals surface area contributed by atoms with E-state index in [9.17, 15) is 4.79 Å². The Balaban J connectivity index is 1.62. The molecule has 0 spiro atoms. The largest absolute Gasteiger partial charge is 0.351 e. The van der Waals surface area contributed by atoms with Crippen molar-refractivity contribution in [3.05, 3.63) is 0 Å². The molecule has 0 saturated heterocycles. The van der Waals surface area contributed by atoms with Crippen LogP contribution in [0.15, 0.2) is 0 Å². The molecule has 0 aromatic heterocycles. The van der Waals surface area contributed by atoms with E-state index in [1.165, 1.54) is 19.3 Å². The number of carbonyl (C=O) groups is 1. The highest BCUT2D eigenvalue weighted by Crippen LogP contribution is 2.31. The molecule has 2 saturated carbocycles. The van der Waals surface area contributed by atoms with Crippen molar-refractivity contribution in [1.29, 1.82) is 0 Å². The zero-order valence-corrected chi connectivity index (χ0v) is 11.0. The normalized spacial score (nSPS) is 31.6. The summed E-state index contributed by atoms with van der Waals surface area (Å²) in [6.07, 6.45) is 10.0. The molecule has 98 valence electrons. The van der Waals surface area contributed by atoms with Gasteiger partial charge >= 0.3 is 0 Å². The van der Waals surface area contributed by atoms with E-state index in [0.29, 0.717) is 12.5 Å². The quantitative estimate of drug-likeness (QED) is 0.790. The minimum atomic E-state index is 0.117. The van der Waals surface area contributed by atoms with E-state index in [1.807, 2.05) is 0 Å². The van der Waals surface area contributed by atoms with Crippen molar-refractivity contribution in [2.45, 2.75) is 76.3 Å². The van der Waals surface area contributed by atoms with E-state index in [2.05, 4.69) is 12.2 Å². The smallest absolute Gasteiger partial charge is 0.220 e. The third-order valence-electron chi connectivity index (χ3n) is 4.57. The first-order valence-electron chi connectivity index (χ1n) is 7.14. The molecule has 3 nitrogen and oxygen atoms in total. The van der Waals surface area contributed by atoms with Gasteiger partial charge in [0.2, 0.25) is 5.91 Å². The molecule has 17 heavy (non-hydrogen) atoms. The average molecular weight is 238 g/mol. The van der Waals surface area contributed by atoms with Crippen LogP contribution in [0, 0.1) is 5.92 Å². The van der Waals surface area contributed by atoms with Gasteiger partial charge in [0, 0.05) is 18.0 Å². The second kappa shape index (κ2) is 5.38. The maximum atomic E-state index is 11.8. The molecule has 2 rings (SSSR count). The van der Waals surface area contributed by atoms with Crippen LogP contribution in [0.2, 0.25) is 0 Å². The van der Waals surface area contributed by atoms with Crippen LogP contribution in [-0.4, -0.2) is 17.5 Å². The van der Waals surface area contributed by atoms with Crippen molar-refractivity contribution in [3.63, 3.8) is 0 Å². The molecule has 3 N–H and O–H groups in total. The zero-order chi connectivity index (χ0) is 12.3. The van der Waals surface area contributed by atoms with Crippen molar-refractivity contribution in [2.24, 2.45) is 11.7 Å². The summed E-state index contributed by atoms with van der Waals surface area (Å²) in [7, 11) is 0. The van der Waals surface area contributed by atoms with Gasteiger partial charge in [0.05, 0.1) is 0 Å². The molecule has 0 aliphatic heterocycles. The van der Waals surface area contributed by atoms with Crippen LogP contribution in [0.5, 0.6) is 0 Å². The lowest BCUT2D eigenvalue weighted by atomic mass is 9.78. The van der Waals surface area contributed by atoms with Crippen LogP contribution in [0.3, 0.4) is 0 Å². The van der Waals surface area contributed by atoms with Crippen LogP contribution < -0.4 is 11.1 Å². The Morgan fingerprint density at radius 3 is 2.47 bits per heavy atom. The highest BCUT2D eigenvalue weighted by atomic mass is 16.1. The first kappa shape index (κ1) is 12.9. The molecule has 0 atom stereocenters. The van der Waals surface area contributed by atoms with E-state index in [-0.39, 0.29) is 11.4 Å². The van der Waals surface area contributed by atoms with Crippen LogP contribution in [0.4, 0.5) is 0 Å². The lowest BCUT2D eigenvalue weighted by Crippen LogP contribution is -2.50. The summed E-state index contributed by atoms with van der Waals surface area (Å²) in [6.45, 7) is 2.16. The van der Waals surface area contributed by atoms with E-state index < -0.39 is 0 Å². The SMILES string of the molecule is CC1(NC(=O)CCC2CCC(N)CC2)CCC1. The number of nitrogens with two attached hydrogens (primary N) is 1. The highest BCUT2D eigenvalue weighted by Gasteiger charge is 2.33. The number of rotatable bonds is 4. The Morgan fingerprint density at radius 2 is 1.94 bits per heavy atom. The van der Waals surface area contributed by atoms with Gasteiger partial charge in [-0.2, -0.15) is 0 Å². The highest BCUT2D eigenvalue weighted by molar-refractivity contribution is 5.76. The van der Waals surface area contributed by atoms with Gasteiger partial charge in [-0.3, -0.25) is 4.79 Å². The number of amides is 1. The lowest BCUT2D eigenvalue weighted by molar-refractivity contribution is -0.124. The summed E-state index contributed by atoms with van der Waals surface area (Å²) in [4.78, 5) is 11.8. The van der Waals surface area contributed by atoms with Crippen LogP contribution in [-0.2, 0) is 4.79 Å². The maximum absolute atomic E-state index is 11.8. The molecule has 0 bridgehead atoms. The van der Waals surface area contributed by atoms with Gasteiger partial charge in [0.15, 0.2) is 0 Å². The molecule has 0 aromatic rings. The zero-order valence-electron chi connectivity index (χ0n) is 11.0. The van der Waals surface area contributed by atoms with Gasteiger partial charge in [0.1, 0.15) is 0 Å². The molecule has 2 aliphatic rings. The molecule has 2 fully saturated rings. The summed E-state index contributed by atoms with van der Waals surface area (Å²) >= 11 is 0. The van der Waals surface area contributed by atoms with Crippen molar-refractivity contribution in [2.75, 3.05) is 0 Å². The Morgan fingerprint density at radius 1 is 1.29 bits per heavy atom. The van der Waals surface area contributed by atoms with Gasteiger partial charge in [-0.25, -0.2) is 0 Å². The second-order valence-electron chi connectivity index (χ2n) is 6.28. The van der Waals surface area contributed by atoms with Crippen molar-refractivity contribution < 1.29 is 4.79 Å². The summed E-state index contributed by atoms with van der Waals surface area (Å²) < 4.78 is 0. The molecular weight excluding hydrogens is 212 g/mol. The first-order chi connectivity index (χ1) is 8.07. The summed E-state index contributed by atoms with van der Waals surface area (Å²) in [5, 5.41) is 3.18. The molecular formula is C14H26N2O. The molecule has 0 unspecified atom stereocenters. The summed E-state index contributed by atoms with van der Waals surface area (Å²) in [5.74, 6) is 0.983.